The van der Waals surface area contributed by atoms with Crippen molar-refractivity contribution in [1.29, 1.82) is 5.26 Å². The zero-order valence-electron chi connectivity index (χ0n) is 17.1. The Morgan fingerprint density at radius 1 is 1.24 bits per heavy atom. The van der Waals surface area contributed by atoms with Crippen LogP contribution in [-0.2, 0) is 4.79 Å². The fraction of sp³-hybridized carbons (Fsp3) is 0.545. The lowest BCUT2D eigenvalue weighted by molar-refractivity contribution is -0.122. The van der Waals surface area contributed by atoms with Crippen LogP contribution < -0.4 is 10.2 Å². The van der Waals surface area contributed by atoms with E-state index in [1.165, 1.54) is 0 Å². The van der Waals surface area contributed by atoms with Crippen LogP contribution in [0.25, 0.3) is 11.0 Å². The molecule has 1 N–H and O–H groups in total. The molecule has 0 spiro atoms. The SMILES string of the molecule is C[C@H]1C[C@@H](NC(=O)CC2CCN(C)C2)CN(c2ccc(C#N)c3nccnc23)C1. The first-order chi connectivity index (χ1) is 14.0. The summed E-state index contributed by atoms with van der Waals surface area (Å²) < 4.78 is 0. The molecule has 0 aliphatic carbocycles. The number of fused-ring (bicyclic) bond motifs is 1. The van der Waals surface area contributed by atoms with Crippen molar-refractivity contribution in [2.75, 3.05) is 38.1 Å². The molecule has 2 fully saturated rings. The average molecular weight is 393 g/mol. The average Bonchev–Trinajstić information content (AvgIpc) is 3.11. The van der Waals surface area contributed by atoms with Crippen molar-refractivity contribution in [3.8, 4) is 6.07 Å². The Kier molecular flexibility index (Phi) is 5.63. The highest BCUT2D eigenvalue weighted by Gasteiger charge is 2.29. The summed E-state index contributed by atoms with van der Waals surface area (Å²) in [5.41, 5.74) is 2.90. The Morgan fingerprint density at radius 3 is 2.76 bits per heavy atom. The van der Waals surface area contributed by atoms with E-state index in [0.29, 0.717) is 29.3 Å². The maximum atomic E-state index is 12.6. The lowest BCUT2D eigenvalue weighted by atomic mass is 9.94. The zero-order valence-corrected chi connectivity index (χ0v) is 17.1. The molecule has 3 atom stereocenters. The van der Waals surface area contributed by atoms with Gasteiger partial charge in [-0.1, -0.05) is 6.92 Å². The van der Waals surface area contributed by atoms with Gasteiger partial charge < -0.3 is 15.1 Å². The predicted molar refractivity (Wildman–Crippen MR) is 112 cm³/mol. The number of anilines is 1. The summed E-state index contributed by atoms with van der Waals surface area (Å²) in [6.45, 7) is 5.96. The lowest BCUT2D eigenvalue weighted by Crippen LogP contribution is -2.50. The number of hydrogen-bond donors (Lipinski definition) is 1. The highest BCUT2D eigenvalue weighted by molar-refractivity contribution is 5.92. The van der Waals surface area contributed by atoms with Crippen molar-refractivity contribution in [1.82, 2.24) is 20.2 Å². The molecule has 0 bridgehead atoms. The van der Waals surface area contributed by atoms with Crippen LogP contribution in [0.5, 0.6) is 0 Å². The van der Waals surface area contributed by atoms with E-state index in [0.717, 1.165) is 50.2 Å². The second kappa shape index (κ2) is 8.34. The predicted octanol–water partition coefficient (Wildman–Crippen LogP) is 2.17. The number of benzene rings is 1. The Bertz CT molecular complexity index is 939. The number of carbonyl (C=O) groups is 1. The molecule has 7 nitrogen and oxygen atoms in total. The van der Waals surface area contributed by atoms with Crippen LogP contribution in [0.4, 0.5) is 5.69 Å². The molecular formula is C22H28N6O. The molecule has 152 valence electrons. The van der Waals surface area contributed by atoms with Gasteiger partial charge >= 0.3 is 0 Å². The monoisotopic (exact) mass is 392 g/mol. The van der Waals surface area contributed by atoms with Gasteiger partial charge in [-0.2, -0.15) is 5.26 Å². The molecule has 1 unspecified atom stereocenters. The third kappa shape index (κ3) is 4.33. The molecular weight excluding hydrogens is 364 g/mol. The molecule has 1 amide bonds. The summed E-state index contributed by atoms with van der Waals surface area (Å²) in [6.07, 6.45) is 5.98. The first-order valence-corrected chi connectivity index (χ1v) is 10.4. The molecule has 29 heavy (non-hydrogen) atoms. The fourth-order valence-electron chi connectivity index (χ4n) is 4.78. The van der Waals surface area contributed by atoms with Gasteiger partial charge in [0, 0.05) is 44.5 Å². The van der Waals surface area contributed by atoms with Gasteiger partial charge in [-0.25, -0.2) is 0 Å². The van der Waals surface area contributed by atoms with Gasteiger partial charge in [-0.3, -0.25) is 14.8 Å². The number of hydrogen-bond acceptors (Lipinski definition) is 6. The second-order valence-electron chi connectivity index (χ2n) is 8.63. The lowest BCUT2D eigenvalue weighted by Gasteiger charge is -2.38. The minimum Gasteiger partial charge on any atom is -0.367 e. The zero-order chi connectivity index (χ0) is 20.4. The van der Waals surface area contributed by atoms with E-state index in [9.17, 15) is 10.1 Å². The molecule has 0 radical (unpaired) electrons. The Morgan fingerprint density at radius 2 is 2.03 bits per heavy atom. The fourth-order valence-corrected chi connectivity index (χ4v) is 4.78. The maximum absolute atomic E-state index is 12.6. The summed E-state index contributed by atoms with van der Waals surface area (Å²) in [5.74, 6) is 1.08. The highest BCUT2D eigenvalue weighted by atomic mass is 16.1. The van der Waals surface area contributed by atoms with Crippen molar-refractivity contribution >= 4 is 22.6 Å². The highest BCUT2D eigenvalue weighted by Crippen LogP contribution is 2.30. The third-order valence-electron chi connectivity index (χ3n) is 6.05. The van der Waals surface area contributed by atoms with Gasteiger partial charge in [0.15, 0.2) is 0 Å². The summed E-state index contributed by atoms with van der Waals surface area (Å²) in [6, 6.07) is 6.09. The number of amides is 1. The minimum atomic E-state index is 0.118. The Balaban J connectivity index is 1.49. The summed E-state index contributed by atoms with van der Waals surface area (Å²) in [4.78, 5) is 26.1. The summed E-state index contributed by atoms with van der Waals surface area (Å²) in [7, 11) is 2.11. The van der Waals surface area contributed by atoms with Crippen LogP contribution in [-0.4, -0.2) is 60.0 Å². The first kappa shape index (κ1) is 19.6. The number of carbonyl (C=O) groups excluding carboxylic acids is 1. The normalized spacial score (nSPS) is 25.1. The van der Waals surface area contributed by atoms with Crippen LogP contribution in [0, 0.1) is 23.2 Å². The van der Waals surface area contributed by atoms with E-state index >= 15 is 0 Å². The van der Waals surface area contributed by atoms with Crippen LogP contribution in [0.3, 0.4) is 0 Å². The van der Waals surface area contributed by atoms with Crippen LogP contribution >= 0.6 is 0 Å². The largest absolute Gasteiger partial charge is 0.367 e. The second-order valence-corrected chi connectivity index (χ2v) is 8.63. The van der Waals surface area contributed by atoms with Crippen molar-refractivity contribution in [2.45, 2.75) is 32.2 Å². The van der Waals surface area contributed by atoms with Crippen molar-refractivity contribution in [3.63, 3.8) is 0 Å². The Hall–Kier alpha value is -2.72. The van der Waals surface area contributed by atoms with Gasteiger partial charge in [0.25, 0.3) is 0 Å². The van der Waals surface area contributed by atoms with E-state index in [1.807, 2.05) is 12.1 Å². The van der Waals surface area contributed by atoms with Gasteiger partial charge in [-0.15, -0.1) is 0 Å². The van der Waals surface area contributed by atoms with Gasteiger partial charge in [0.2, 0.25) is 5.91 Å². The Labute approximate surface area is 171 Å². The molecule has 2 saturated heterocycles. The van der Waals surface area contributed by atoms with E-state index in [2.05, 4.69) is 45.1 Å². The summed E-state index contributed by atoms with van der Waals surface area (Å²) in [5, 5.41) is 12.6. The number of nitrogens with one attached hydrogen (secondary N) is 1. The van der Waals surface area contributed by atoms with Gasteiger partial charge in [0.05, 0.1) is 11.3 Å². The van der Waals surface area contributed by atoms with Crippen molar-refractivity contribution in [2.24, 2.45) is 11.8 Å². The molecule has 3 heterocycles. The maximum Gasteiger partial charge on any atom is 0.220 e. The van der Waals surface area contributed by atoms with Crippen molar-refractivity contribution in [3.05, 3.63) is 30.1 Å². The molecule has 2 aliphatic rings. The van der Waals surface area contributed by atoms with Crippen LogP contribution in [0.1, 0.15) is 31.7 Å². The third-order valence-corrected chi connectivity index (χ3v) is 6.05. The number of rotatable bonds is 4. The molecule has 0 saturated carbocycles. The van der Waals surface area contributed by atoms with E-state index in [1.54, 1.807) is 12.4 Å². The number of likely N-dealkylation sites (tertiary alicyclic amines) is 1. The summed E-state index contributed by atoms with van der Waals surface area (Å²) >= 11 is 0. The number of piperidine rings is 1. The standard InChI is InChI=1S/C22H28N6O/c1-15-9-18(26-20(29)10-16-5-8-27(2)13-16)14-28(12-15)19-4-3-17(11-23)21-22(19)25-7-6-24-21/h3-4,6-7,15-16,18H,5,8-10,12-14H2,1-2H3,(H,26,29)/t15-,16?,18+/m0/s1. The minimum absolute atomic E-state index is 0.118. The van der Waals surface area contributed by atoms with Gasteiger partial charge in [0.1, 0.15) is 17.1 Å². The van der Waals surface area contributed by atoms with E-state index < -0.39 is 0 Å². The number of aromatic nitrogens is 2. The van der Waals surface area contributed by atoms with Crippen LogP contribution in [0.15, 0.2) is 24.5 Å². The van der Waals surface area contributed by atoms with E-state index in [4.69, 9.17) is 0 Å². The smallest absolute Gasteiger partial charge is 0.220 e. The molecule has 1 aromatic carbocycles. The van der Waals surface area contributed by atoms with Gasteiger partial charge in [-0.05, 0) is 50.4 Å². The molecule has 2 aliphatic heterocycles. The van der Waals surface area contributed by atoms with E-state index in [-0.39, 0.29) is 11.9 Å². The molecule has 2 aromatic rings. The van der Waals surface area contributed by atoms with Crippen LogP contribution in [0.2, 0.25) is 0 Å². The topological polar surface area (TPSA) is 85.2 Å². The molecule has 4 rings (SSSR count). The first-order valence-electron chi connectivity index (χ1n) is 10.4. The number of nitrogens with zero attached hydrogens (tertiary/aromatic N) is 5. The molecule has 7 heteroatoms. The quantitative estimate of drug-likeness (QED) is 0.858. The molecule has 1 aromatic heterocycles. The number of nitriles is 1. The van der Waals surface area contributed by atoms with Crippen molar-refractivity contribution < 1.29 is 4.79 Å².